The molecule has 0 aromatic heterocycles. The summed E-state index contributed by atoms with van der Waals surface area (Å²) in [5.74, 6) is 0.740. The normalized spacial score (nSPS) is 24.7. The van der Waals surface area contributed by atoms with Gasteiger partial charge in [0, 0.05) is 12.6 Å². The minimum Gasteiger partial charge on any atom is -0.481 e. The summed E-state index contributed by atoms with van der Waals surface area (Å²) in [6, 6.07) is 0.608. The van der Waals surface area contributed by atoms with Gasteiger partial charge in [-0.05, 0) is 37.6 Å². The quantitative estimate of drug-likeness (QED) is 0.758. The van der Waals surface area contributed by atoms with E-state index in [2.05, 4.69) is 25.7 Å². The first-order chi connectivity index (χ1) is 8.50. The van der Waals surface area contributed by atoms with E-state index in [1.54, 1.807) is 0 Å². The Bertz CT molecular complexity index is 253. The molecule has 106 valence electrons. The third kappa shape index (κ3) is 5.38. The second-order valence-corrected chi connectivity index (χ2v) is 6.19. The van der Waals surface area contributed by atoms with Gasteiger partial charge in [-0.15, -0.1) is 0 Å². The third-order valence-electron chi connectivity index (χ3n) is 4.14. The average Bonchev–Trinajstić information content (AvgIpc) is 2.30. The van der Waals surface area contributed by atoms with Crippen LogP contribution in [0.25, 0.3) is 0 Å². The first-order valence-corrected chi connectivity index (χ1v) is 7.46. The predicted octanol–water partition coefficient (Wildman–Crippen LogP) is 3.39. The number of carboxylic acids is 1. The van der Waals surface area contributed by atoms with E-state index in [0.717, 1.165) is 19.0 Å². The highest BCUT2D eigenvalue weighted by atomic mass is 16.4. The lowest BCUT2D eigenvalue weighted by atomic mass is 9.84. The van der Waals surface area contributed by atoms with Crippen molar-refractivity contribution in [3.05, 3.63) is 0 Å². The average molecular weight is 255 g/mol. The highest BCUT2D eigenvalue weighted by molar-refractivity contribution is 5.66. The second-order valence-electron chi connectivity index (χ2n) is 6.19. The van der Waals surface area contributed by atoms with Crippen LogP contribution in [0.5, 0.6) is 0 Å². The summed E-state index contributed by atoms with van der Waals surface area (Å²) in [6.07, 6.45) is 6.65. The summed E-state index contributed by atoms with van der Waals surface area (Å²) in [4.78, 5) is 13.2. The molecule has 1 aliphatic rings. The maximum Gasteiger partial charge on any atom is 0.304 e. The summed E-state index contributed by atoms with van der Waals surface area (Å²) < 4.78 is 0. The molecule has 2 atom stereocenters. The number of rotatable bonds is 7. The predicted molar refractivity (Wildman–Crippen MR) is 74.7 cm³/mol. The fourth-order valence-electron chi connectivity index (χ4n) is 2.95. The van der Waals surface area contributed by atoms with Crippen molar-refractivity contribution in [2.45, 2.75) is 65.3 Å². The number of carboxylic acid groups (broad SMARTS) is 1. The molecule has 0 spiro atoms. The third-order valence-corrected chi connectivity index (χ3v) is 4.14. The van der Waals surface area contributed by atoms with Crippen LogP contribution in [0.3, 0.4) is 0 Å². The van der Waals surface area contributed by atoms with Gasteiger partial charge in [0.2, 0.25) is 0 Å². The first kappa shape index (κ1) is 15.5. The van der Waals surface area contributed by atoms with Crippen molar-refractivity contribution >= 4 is 5.97 Å². The van der Waals surface area contributed by atoms with Gasteiger partial charge in [0.1, 0.15) is 0 Å². The molecule has 18 heavy (non-hydrogen) atoms. The van der Waals surface area contributed by atoms with Crippen LogP contribution in [-0.2, 0) is 4.79 Å². The fourth-order valence-corrected chi connectivity index (χ4v) is 2.95. The van der Waals surface area contributed by atoms with Crippen LogP contribution in [0.1, 0.15) is 59.3 Å². The topological polar surface area (TPSA) is 40.5 Å². The Balaban J connectivity index is 2.53. The smallest absolute Gasteiger partial charge is 0.304 e. The van der Waals surface area contributed by atoms with E-state index in [-0.39, 0.29) is 6.42 Å². The zero-order valence-electron chi connectivity index (χ0n) is 12.2. The lowest BCUT2D eigenvalue weighted by molar-refractivity contribution is -0.137. The van der Waals surface area contributed by atoms with Gasteiger partial charge in [0.15, 0.2) is 0 Å². The van der Waals surface area contributed by atoms with Crippen molar-refractivity contribution < 1.29 is 9.90 Å². The number of hydrogen-bond donors (Lipinski definition) is 1. The van der Waals surface area contributed by atoms with Crippen molar-refractivity contribution in [3.8, 4) is 0 Å². The molecule has 0 aromatic rings. The van der Waals surface area contributed by atoms with Crippen LogP contribution >= 0.6 is 0 Å². The van der Waals surface area contributed by atoms with Crippen LogP contribution < -0.4 is 0 Å². The van der Waals surface area contributed by atoms with Gasteiger partial charge in [-0.1, -0.05) is 33.6 Å². The number of hydrogen-bond acceptors (Lipinski definition) is 2. The van der Waals surface area contributed by atoms with Crippen molar-refractivity contribution in [1.29, 1.82) is 0 Å². The van der Waals surface area contributed by atoms with E-state index in [1.807, 2.05) is 0 Å². The van der Waals surface area contributed by atoms with Gasteiger partial charge >= 0.3 is 5.97 Å². The van der Waals surface area contributed by atoms with Crippen LogP contribution in [0.4, 0.5) is 0 Å². The molecule has 3 nitrogen and oxygen atoms in total. The molecule has 0 aromatic carbocycles. The lowest BCUT2D eigenvalue weighted by Gasteiger charge is -2.38. The van der Waals surface area contributed by atoms with E-state index in [0.29, 0.717) is 12.0 Å². The number of carbonyl (C=O) groups is 1. The zero-order valence-corrected chi connectivity index (χ0v) is 12.2. The van der Waals surface area contributed by atoms with E-state index in [1.165, 1.54) is 32.1 Å². The molecule has 0 aliphatic heterocycles. The minimum absolute atomic E-state index is 0.279. The van der Waals surface area contributed by atoms with Crippen molar-refractivity contribution in [1.82, 2.24) is 4.90 Å². The molecule has 1 rings (SSSR count). The summed E-state index contributed by atoms with van der Waals surface area (Å²) in [7, 11) is 0. The maximum absolute atomic E-state index is 10.8. The molecular formula is C15H29NO2. The molecule has 1 aliphatic carbocycles. The Morgan fingerprint density at radius 2 is 1.94 bits per heavy atom. The molecule has 2 unspecified atom stereocenters. The van der Waals surface area contributed by atoms with Gasteiger partial charge < -0.3 is 5.11 Å². The highest BCUT2D eigenvalue weighted by Gasteiger charge is 2.27. The van der Waals surface area contributed by atoms with E-state index in [4.69, 9.17) is 5.11 Å². The highest BCUT2D eigenvalue weighted by Crippen LogP contribution is 2.28. The molecule has 1 saturated carbocycles. The minimum atomic E-state index is -0.673. The molecular weight excluding hydrogens is 226 g/mol. The van der Waals surface area contributed by atoms with Gasteiger partial charge in [-0.25, -0.2) is 0 Å². The second kappa shape index (κ2) is 7.78. The molecule has 0 heterocycles. The monoisotopic (exact) mass is 255 g/mol. The first-order valence-electron chi connectivity index (χ1n) is 7.46. The fraction of sp³-hybridized carbons (Fsp3) is 0.933. The number of nitrogens with zero attached hydrogens (tertiary/aromatic N) is 1. The van der Waals surface area contributed by atoms with Gasteiger partial charge in [-0.2, -0.15) is 0 Å². The standard InChI is InChI=1S/C15H29NO2/c1-12(2)8-10-16(11-9-15(17)18)14-7-5-4-6-13(14)3/h12-14H,4-11H2,1-3H3,(H,17,18). The van der Waals surface area contributed by atoms with Crippen LogP contribution in [0.2, 0.25) is 0 Å². The summed E-state index contributed by atoms with van der Waals surface area (Å²) >= 11 is 0. The van der Waals surface area contributed by atoms with Crippen LogP contribution in [-0.4, -0.2) is 35.1 Å². The largest absolute Gasteiger partial charge is 0.481 e. The zero-order chi connectivity index (χ0) is 13.5. The lowest BCUT2D eigenvalue weighted by Crippen LogP contribution is -2.43. The van der Waals surface area contributed by atoms with E-state index >= 15 is 0 Å². The molecule has 0 amide bonds. The molecule has 0 saturated heterocycles. The Morgan fingerprint density at radius 1 is 1.28 bits per heavy atom. The summed E-state index contributed by atoms with van der Waals surface area (Å²) in [6.45, 7) is 8.57. The van der Waals surface area contributed by atoms with E-state index in [9.17, 15) is 4.79 Å². The molecule has 0 bridgehead atoms. The van der Waals surface area contributed by atoms with Crippen LogP contribution in [0, 0.1) is 11.8 Å². The van der Waals surface area contributed by atoms with Crippen LogP contribution in [0.15, 0.2) is 0 Å². The Kier molecular flexibility index (Phi) is 6.69. The number of aliphatic carboxylic acids is 1. The molecule has 3 heteroatoms. The van der Waals surface area contributed by atoms with E-state index < -0.39 is 5.97 Å². The molecule has 1 N–H and O–H groups in total. The van der Waals surface area contributed by atoms with Gasteiger partial charge in [0.05, 0.1) is 6.42 Å². The van der Waals surface area contributed by atoms with Gasteiger partial charge in [0.25, 0.3) is 0 Å². The summed E-state index contributed by atoms with van der Waals surface area (Å²) in [5, 5.41) is 8.88. The van der Waals surface area contributed by atoms with Crippen molar-refractivity contribution in [2.24, 2.45) is 11.8 Å². The molecule has 1 fully saturated rings. The Morgan fingerprint density at radius 3 is 2.50 bits per heavy atom. The van der Waals surface area contributed by atoms with Crippen molar-refractivity contribution in [2.75, 3.05) is 13.1 Å². The van der Waals surface area contributed by atoms with Gasteiger partial charge in [-0.3, -0.25) is 9.69 Å². The SMILES string of the molecule is CC(C)CCN(CCC(=O)O)C1CCCCC1C. The Hall–Kier alpha value is -0.570. The van der Waals surface area contributed by atoms with Crippen molar-refractivity contribution in [3.63, 3.8) is 0 Å². The summed E-state index contributed by atoms with van der Waals surface area (Å²) in [5.41, 5.74) is 0. The maximum atomic E-state index is 10.8. The Labute approximate surface area is 112 Å². The molecule has 0 radical (unpaired) electrons.